The molecule has 10 heteroatoms. The largest absolute Gasteiger partial charge is 1.00 e. The van der Waals surface area contributed by atoms with Crippen LogP contribution < -0.4 is 34.3 Å². The van der Waals surface area contributed by atoms with Crippen molar-refractivity contribution in [3.05, 3.63) is 30.3 Å². The zero-order valence-corrected chi connectivity index (χ0v) is 13.3. The first-order valence-corrected chi connectivity index (χ1v) is 6.35. The third-order valence-corrected chi connectivity index (χ3v) is 2.75. The number of carbonyl (C=O) groups excluding carboxylic acids is 1. The summed E-state index contributed by atoms with van der Waals surface area (Å²) in [7, 11) is -5.62. The number of carbonyl (C=O) groups is 1. The fourth-order valence-corrected chi connectivity index (χ4v) is 1.15. The summed E-state index contributed by atoms with van der Waals surface area (Å²) in [6.07, 6.45) is 0. The Labute approximate surface area is 137 Å². The Morgan fingerprint density at radius 1 is 1.30 bits per heavy atom. The summed E-state index contributed by atoms with van der Waals surface area (Å²) in [5.41, 5.74) is 0. The molecule has 0 unspecified atom stereocenters. The standard InChI is InChI=1S/C10H10F2O6S.Na.H/c11-10(12,19(14,15)16)7-18-9(13)6-17-8-4-2-1-3-5-8;;/h1-5H,6-7H2,(H,14,15,16);;/q;+1;-1. The molecule has 1 aromatic carbocycles. The molecule has 0 radical (unpaired) electrons. The quantitative estimate of drug-likeness (QED) is 0.378. The third-order valence-electron chi connectivity index (χ3n) is 1.88. The fourth-order valence-electron chi connectivity index (χ4n) is 0.940. The number of hydrogen-bond donors (Lipinski definition) is 1. The summed E-state index contributed by atoms with van der Waals surface area (Å²) in [5, 5.41) is -4.55. The molecule has 0 saturated heterocycles. The van der Waals surface area contributed by atoms with Crippen molar-refractivity contribution in [1.82, 2.24) is 0 Å². The van der Waals surface area contributed by atoms with E-state index in [0.29, 0.717) is 5.75 Å². The zero-order chi connectivity index (χ0) is 14.5. The van der Waals surface area contributed by atoms with E-state index in [2.05, 4.69) is 4.74 Å². The van der Waals surface area contributed by atoms with Crippen LogP contribution in [-0.2, 0) is 19.6 Å². The van der Waals surface area contributed by atoms with Gasteiger partial charge in [0.2, 0.25) is 0 Å². The second-order valence-electron chi connectivity index (χ2n) is 3.37. The maximum absolute atomic E-state index is 12.7. The molecule has 0 aliphatic heterocycles. The van der Waals surface area contributed by atoms with Gasteiger partial charge in [0.05, 0.1) is 0 Å². The number of ether oxygens (including phenoxy) is 2. The van der Waals surface area contributed by atoms with Crippen molar-refractivity contribution in [2.75, 3.05) is 13.2 Å². The molecule has 108 valence electrons. The van der Waals surface area contributed by atoms with Gasteiger partial charge in [-0.15, -0.1) is 0 Å². The van der Waals surface area contributed by atoms with E-state index in [0.717, 1.165) is 0 Å². The minimum absolute atomic E-state index is 0. The number of halogens is 2. The Kier molecular flexibility index (Phi) is 7.60. The molecule has 0 fully saturated rings. The van der Waals surface area contributed by atoms with Crippen LogP contribution in [0.1, 0.15) is 1.43 Å². The van der Waals surface area contributed by atoms with Gasteiger partial charge in [-0.25, -0.2) is 4.79 Å². The average Bonchev–Trinajstić information content (AvgIpc) is 2.34. The van der Waals surface area contributed by atoms with E-state index in [1.165, 1.54) is 12.1 Å². The second kappa shape index (κ2) is 7.89. The van der Waals surface area contributed by atoms with Gasteiger partial charge in [0.15, 0.2) is 13.2 Å². The molecule has 0 spiro atoms. The first-order valence-electron chi connectivity index (χ1n) is 4.91. The normalized spacial score (nSPS) is 11.3. The monoisotopic (exact) mass is 320 g/mol. The zero-order valence-electron chi connectivity index (χ0n) is 11.5. The molecule has 0 heterocycles. The predicted octanol–water partition coefficient (Wildman–Crippen LogP) is -1.79. The maximum atomic E-state index is 12.7. The molecule has 0 bridgehead atoms. The molecule has 0 saturated carbocycles. The van der Waals surface area contributed by atoms with Crippen molar-refractivity contribution < 1.29 is 67.0 Å². The molecule has 0 atom stereocenters. The van der Waals surface area contributed by atoms with Crippen LogP contribution in [0.4, 0.5) is 8.78 Å². The van der Waals surface area contributed by atoms with Crippen LogP contribution in [0, 0.1) is 0 Å². The SMILES string of the molecule is O=C(COc1ccccc1)OCC(F)(F)S(=O)(=O)O.[H-].[Na+]. The van der Waals surface area contributed by atoms with Crippen LogP contribution in [0.25, 0.3) is 0 Å². The molecule has 20 heavy (non-hydrogen) atoms. The van der Waals surface area contributed by atoms with Gasteiger partial charge in [-0.1, -0.05) is 18.2 Å². The Morgan fingerprint density at radius 3 is 2.35 bits per heavy atom. The summed E-state index contributed by atoms with van der Waals surface area (Å²) < 4.78 is 62.9. The third kappa shape index (κ3) is 6.14. The van der Waals surface area contributed by atoms with E-state index >= 15 is 0 Å². The summed E-state index contributed by atoms with van der Waals surface area (Å²) in [5.74, 6) is -0.867. The Hall–Kier alpha value is -0.740. The van der Waals surface area contributed by atoms with Crippen molar-refractivity contribution in [2.24, 2.45) is 0 Å². The maximum Gasteiger partial charge on any atom is 1.00 e. The molecule has 1 aromatic rings. The van der Waals surface area contributed by atoms with Crippen LogP contribution in [0.2, 0.25) is 0 Å². The molecular weight excluding hydrogens is 309 g/mol. The van der Waals surface area contributed by atoms with Gasteiger partial charge in [0.25, 0.3) is 0 Å². The topological polar surface area (TPSA) is 89.9 Å². The van der Waals surface area contributed by atoms with Crippen molar-refractivity contribution in [2.45, 2.75) is 5.25 Å². The summed E-state index contributed by atoms with van der Waals surface area (Å²) in [6.45, 7) is -2.44. The first kappa shape index (κ1) is 19.3. The van der Waals surface area contributed by atoms with Gasteiger partial charge in [0.1, 0.15) is 5.75 Å². The number of esters is 1. The molecule has 1 rings (SSSR count). The van der Waals surface area contributed by atoms with Crippen molar-refractivity contribution in [3.63, 3.8) is 0 Å². The average molecular weight is 320 g/mol. The Morgan fingerprint density at radius 2 is 1.85 bits per heavy atom. The molecule has 0 amide bonds. The van der Waals surface area contributed by atoms with Gasteiger partial charge in [-0.3, -0.25) is 4.55 Å². The van der Waals surface area contributed by atoms with Crippen LogP contribution in [0.5, 0.6) is 5.75 Å². The van der Waals surface area contributed by atoms with E-state index in [9.17, 15) is 22.0 Å². The summed E-state index contributed by atoms with van der Waals surface area (Å²) in [4.78, 5) is 11.0. The van der Waals surface area contributed by atoms with E-state index in [1.807, 2.05) is 0 Å². The number of benzene rings is 1. The molecule has 1 N–H and O–H groups in total. The molecule has 6 nitrogen and oxygen atoms in total. The van der Waals surface area contributed by atoms with Crippen molar-refractivity contribution in [1.29, 1.82) is 0 Å². The van der Waals surface area contributed by atoms with Crippen molar-refractivity contribution >= 4 is 16.1 Å². The molecule has 0 aliphatic carbocycles. The molecular formula is C10H11F2NaO6S. The first-order chi connectivity index (χ1) is 8.72. The Bertz CT molecular complexity index is 540. The number of rotatable bonds is 6. The van der Waals surface area contributed by atoms with Gasteiger partial charge in [-0.2, -0.15) is 17.2 Å². The molecule has 0 aromatic heterocycles. The van der Waals surface area contributed by atoms with Crippen LogP contribution in [0.15, 0.2) is 30.3 Å². The predicted molar refractivity (Wildman–Crippen MR) is 60.5 cm³/mol. The van der Waals surface area contributed by atoms with Crippen LogP contribution >= 0.6 is 0 Å². The fraction of sp³-hybridized carbons (Fsp3) is 0.300. The number of alkyl halides is 2. The van der Waals surface area contributed by atoms with Gasteiger partial charge in [0, 0.05) is 0 Å². The number of para-hydroxylation sites is 1. The van der Waals surface area contributed by atoms with Gasteiger partial charge >= 0.3 is 50.9 Å². The van der Waals surface area contributed by atoms with E-state index in [1.54, 1.807) is 18.2 Å². The van der Waals surface area contributed by atoms with E-state index in [-0.39, 0.29) is 31.0 Å². The van der Waals surface area contributed by atoms with Crippen LogP contribution in [-0.4, -0.2) is 37.4 Å². The van der Waals surface area contributed by atoms with Gasteiger partial charge in [-0.05, 0) is 12.1 Å². The molecule has 0 aliphatic rings. The van der Waals surface area contributed by atoms with E-state index < -0.39 is 34.6 Å². The summed E-state index contributed by atoms with van der Waals surface area (Å²) in [6, 6.07) is 8.03. The minimum Gasteiger partial charge on any atom is -1.00 e. The smallest absolute Gasteiger partial charge is 1.00 e. The van der Waals surface area contributed by atoms with E-state index in [4.69, 9.17) is 9.29 Å². The summed E-state index contributed by atoms with van der Waals surface area (Å²) >= 11 is 0. The minimum atomic E-state index is -5.62. The second-order valence-corrected chi connectivity index (χ2v) is 4.92. The van der Waals surface area contributed by atoms with Gasteiger partial charge < -0.3 is 10.9 Å². The number of hydrogen-bond acceptors (Lipinski definition) is 5. The van der Waals surface area contributed by atoms with Crippen molar-refractivity contribution in [3.8, 4) is 5.75 Å². The van der Waals surface area contributed by atoms with Crippen LogP contribution in [0.3, 0.4) is 0 Å². The Balaban J connectivity index is 0.